The molecule has 0 aromatic rings. The van der Waals surface area contributed by atoms with Crippen LogP contribution in [0.3, 0.4) is 0 Å². The maximum Gasteiger partial charge on any atom is 0.417 e. The number of aliphatic hydroxyl groups is 2. The number of aliphatic hydroxyl groups excluding tert-OH is 2. The molecule has 2 bridgehead atoms. The van der Waals surface area contributed by atoms with Gasteiger partial charge in [0.05, 0.1) is 18.1 Å². The van der Waals surface area contributed by atoms with Crippen LogP contribution in [0.5, 0.6) is 0 Å². The molecule has 1 saturated heterocycles. The molecular weight excluding hydrogens is 226 g/mol. The zero-order valence-corrected chi connectivity index (χ0v) is 10.1. The van der Waals surface area contributed by atoms with Crippen LogP contribution in [-0.2, 0) is 9.53 Å². The van der Waals surface area contributed by atoms with E-state index >= 15 is 0 Å². The molecule has 2 fully saturated rings. The Morgan fingerprint density at radius 3 is 2.41 bits per heavy atom. The minimum absolute atomic E-state index is 0.306. The largest absolute Gasteiger partial charge is 0.443 e. The highest BCUT2D eigenvalue weighted by Crippen LogP contribution is 2.39. The van der Waals surface area contributed by atoms with Crippen LogP contribution in [0.25, 0.3) is 0 Å². The Balaban J connectivity index is 2.14. The van der Waals surface area contributed by atoms with Crippen molar-refractivity contribution < 1.29 is 24.5 Å². The molecule has 4 atom stereocenters. The fourth-order valence-corrected chi connectivity index (χ4v) is 2.39. The van der Waals surface area contributed by atoms with E-state index in [2.05, 4.69) is 0 Å². The highest BCUT2D eigenvalue weighted by atomic mass is 16.6. The van der Waals surface area contributed by atoms with Gasteiger partial charge in [-0.2, -0.15) is 0 Å². The summed E-state index contributed by atoms with van der Waals surface area (Å²) in [6, 6.07) is -0.655. The summed E-state index contributed by atoms with van der Waals surface area (Å²) >= 11 is 0. The van der Waals surface area contributed by atoms with Crippen LogP contribution < -0.4 is 0 Å². The second kappa shape index (κ2) is 3.68. The minimum atomic E-state index is -1.06. The van der Waals surface area contributed by atoms with Crippen LogP contribution in [0.15, 0.2) is 0 Å². The number of amides is 2. The number of carbonyl (C=O) groups excluding carboxylic acids is 2. The Bertz CT molecular complexity index is 361. The van der Waals surface area contributed by atoms with Gasteiger partial charge in [-0.3, -0.25) is 4.79 Å². The average molecular weight is 243 g/mol. The molecule has 0 radical (unpaired) electrons. The predicted molar refractivity (Wildman–Crippen MR) is 57.0 cm³/mol. The van der Waals surface area contributed by atoms with E-state index in [1.54, 1.807) is 20.8 Å². The van der Waals surface area contributed by atoms with Gasteiger partial charge >= 0.3 is 6.09 Å². The third-order valence-electron chi connectivity index (χ3n) is 3.13. The predicted octanol–water partition coefficient (Wildman–Crippen LogP) is -0.126. The molecule has 1 heterocycles. The summed E-state index contributed by atoms with van der Waals surface area (Å²) in [6.45, 7) is 5.11. The Morgan fingerprint density at radius 2 is 1.94 bits per heavy atom. The molecule has 2 amide bonds. The van der Waals surface area contributed by atoms with Crippen LogP contribution in [0.1, 0.15) is 27.2 Å². The zero-order valence-electron chi connectivity index (χ0n) is 10.1. The number of ether oxygens (including phenoxy) is 1. The first-order chi connectivity index (χ1) is 7.72. The topological polar surface area (TPSA) is 87.1 Å². The van der Waals surface area contributed by atoms with Crippen molar-refractivity contribution in [1.82, 2.24) is 4.90 Å². The monoisotopic (exact) mass is 243 g/mol. The van der Waals surface area contributed by atoms with Gasteiger partial charge < -0.3 is 14.9 Å². The highest BCUT2D eigenvalue weighted by Gasteiger charge is 2.58. The molecule has 17 heavy (non-hydrogen) atoms. The minimum Gasteiger partial charge on any atom is -0.443 e. The Labute approximate surface area is 99.2 Å². The maximum absolute atomic E-state index is 11.8. The number of piperidine rings is 1. The van der Waals surface area contributed by atoms with Crippen molar-refractivity contribution in [3.05, 3.63) is 0 Å². The highest BCUT2D eigenvalue weighted by molar-refractivity contribution is 5.97. The van der Waals surface area contributed by atoms with Crippen molar-refractivity contribution in [3.8, 4) is 0 Å². The molecule has 0 spiro atoms. The standard InChI is InChI=1S/C11H17NO5/c1-11(2,3)17-10(16)12-6-4-5(9(12)15)7(13)8(6)14/h5-8,13-14H,4H2,1-3H3/t5-,6+,7+,8-/m1/s1. The molecule has 2 rings (SSSR count). The summed E-state index contributed by atoms with van der Waals surface area (Å²) in [5.74, 6) is -1.13. The van der Waals surface area contributed by atoms with Crippen LogP contribution >= 0.6 is 0 Å². The molecule has 0 unspecified atom stereocenters. The van der Waals surface area contributed by atoms with E-state index in [0.29, 0.717) is 6.42 Å². The van der Waals surface area contributed by atoms with Crippen molar-refractivity contribution in [1.29, 1.82) is 0 Å². The molecule has 0 aromatic heterocycles. The summed E-state index contributed by atoms with van der Waals surface area (Å²) in [6.07, 6.45) is -2.57. The maximum atomic E-state index is 11.8. The van der Waals surface area contributed by atoms with E-state index in [-0.39, 0.29) is 0 Å². The first-order valence-corrected chi connectivity index (χ1v) is 5.64. The summed E-state index contributed by atoms with van der Waals surface area (Å²) < 4.78 is 5.10. The normalized spacial score (nSPS) is 36.5. The van der Waals surface area contributed by atoms with Crippen molar-refractivity contribution in [2.75, 3.05) is 0 Å². The van der Waals surface area contributed by atoms with Crippen LogP contribution in [-0.4, -0.2) is 51.0 Å². The number of nitrogens with zero attached hydrogens (tertiary/aromatic N) is 1. The second-order valence-electron chi connectivity index (χ2n) is 5.58. The van der Waals surface area contributed by atoms with Crippen molar-refractivity contribution in [3.63, 3.8) is 0 Å². The van der Waals surface area contributed by atoms with Gasteiger partial charge in [0.15, 0.2) is 0 Å². The number of rotatable bonds is 0. The Morgan fingerprint density at radius 1 is 1.35 bits per heavy atom. The van der Waals surface area contributed by atoms with Crippen molar-refractivity contribution in [2.24, 2.45) is 5.92 Å². The number of fused-ring (bicyclic) bond motifs is 2. The van der Waals surface area contributed by atoms with Gasteiger partial charge in [-0.05, 0) is 27.2 Å². The van der Waals surface area contributed by atoms with E-state index in [9.17, 15) is 19.8 Å². The molecular formula is C11H17NO5. The average Bonchev–Trinajstić information content (AvgIpc) is 2.62. The van der Waals surface area contributed by atoms with Gasteiger partial charge in [0, 0.05) is 0 Å². The van der Waals surface area contributed by atoms with Gasteiger partial charge in [0.2, 0.25) is 5.91 Å². The van der Waals surface area contributed by atoms with E-state index in [1.165, 1.54) is 0 Å². The quantitative estimate of drug-likeness (QED) is 0.619. The summed E-state index contributed by atoms with van der Waals surface area (Å²) in [5.41, 5.74) is -0.692. The lowest BCUT2D eigenvalue weighted by Crippen LogP contribution is -2.54. The smallest absolute Gasteiger partial charge is 0.417 e. The Kier molecular flexibility index (Phi) is 2.67. The molecule has 1 aliphatic heterocycles. The van der Waals surface area contributed by atoms with Crippen LogP contribution in [0, 0.1) is 5.92 Å². The lowest BCUT2D eigenvalue weighted by Gasteiger charge is -2.33. The summed E-state index contributed by atoms with van der Waals surface area (Å²) in [4.78, 5) is 24.5. The lowest BCUT2D eigenvalue weighted by molar-refractivity contribution is -0.144. The summed E-state index contributed by atoms with van der Waals surface area (Å²) in [5, 5.41) is 19.2. The molecule has 2 aliphatic rings. The number of hydrogen-bond donors (Lipinski definition) is 2. The number of imide groups is 1. The first kappa shape index (κ1) is 12.3. The number of hydrogen-bond acceptors (Lipinski definition) is 5. The van der Waals surface area contributed by atoms with Gasteiger partial charge in [-0.25, -0.2) is 9.69 Å². The molecule has 96 valence electrons. The van der Waals surface area contributed by atoms with Crippen molar-refractivity contribution in [2.45, 2.75) is 51.0 Å². The third kappa shape index (κ3) is 1.91. The van der Waals surface area contributed by atoms with Gasteiger partial charge in [0.1, 0.15) is 11.7 Å². The first-order valence-electron chi connectivity index (χ1n) is 5.64. The molecule has 0 aromatic carbocycles. The molecule has 1 saturated carbocycles. The molecule has 2 N–H and O–H groups in total. The van der Waals surface area contributed by atoms with E-state index < -0.39 is 41.8 Å². The number of likely N-dealkylation sites (tertiary alicyclic amines) is 1. The van der Waals surface area contributed by atoms with E-state index in [0.717, 1.165) is 4.90 Å². The van der Waals surface area contributed by atoms with Gasteiger partial charge in [-0.15, -0.1) is 0 Å². The molecule has 1 aliphatic carbocycles. The number of carbonyl (C=O) groups is 2. The molecule has 6 nitrogen and oxygen atoms in total. The summed E-state index contributed by atoms with van der Waals surface area (Å²) in [7, 11) is 0. The second-order valence-corrected chi connectivity index (χ2v) is 5.58. The lowest BCUT2D eigenvalue weighted by atomic mass is 10.0. The van der Waals surface area contributed by atoms with Gasteiger partial charge in [0.25, 0.3) is 0 Å². The molecule has 6 heteroatoms. The van der Waals surface area contributed by atoms with Gasteiger partial charge in [-0.1, -0.05) is 0 Å². The zero-order chi connectivity index (χ0) is 13.0. The fourth-order valence-electron chi connectivity index (χ4n) is 2.39. The van der Waals surface area contributed by atoms with Crippen LogP contribution in [0.2, 0.25) is 0 Å². The SMILES string of the molecule is CC(C)(C)OC(=O)N1C(=O)[C@@H]2C[C@H]1[C@@H](O)[C@H]2O. The third-order valence-corrected chi connectivity index (χ3v) is 3.13. The van der Waals surface area contributed by atoms with E-state index in [4.69, 9.17) is 4.74 Å². The van der Waals surface area contributed by atoms with E-state index in [1.807, 2.05) is 0 Å². The fraction of sp³-hybridized carbons (Fsp3) is 0.818. The van der Waals surface area contributed by atoms with Crippen molar-refractivity contribution >= 4 is 12.0 Å². The van der Waals surface area contributed by atoms with Crippen LogP contribution in [0.4, 0.5) is 4.79 Å². The Hall–Kier alpha value is -1.14.